The predicted octanol–water partition coefficient (Wildman–Crippen LogP) is 0.863. The first kappa shape index (κ1) is 17.0. The lowest BCUT2D eigenvalue weighted by atomic mass is 9.95. The number of aromatic nitrogens is 4. The lowest BCUT2D eigenvalue weighted by Gasteiger charge is -2.32. The van der Waals surface area contributed by atoms with E-state index in [1.807, 2.05) is 13.2 Å². The maximum atomic E-state index is 12.1. The molecular weight excluding hydrogens is 328 g/mol. The molecule has 0 spiro atoms. The fourth-order valence-corrected chi connectivity index (χ4v) is 4.00. The molecule has 24 heavy (non-hydrogen) atoms. The van der Waals surface area contributed by atoms with Crippen LogP contribution in [0.5, 0.6) is 0 Å². The van der Waals surface area contributed by atoms with Gasteiger partial charge < -0.3 is 0 Å². The molecule has 0 saturated carbocycles. The number of aryl methyl sites for hydroxylation is 1. The third kappa shape index (κ3) is 3.33. The molecule has 0 unspecified atom stereocenters. The highest BCUT2D eigenvalue weighted by Crippen LogP contribution is 2.28. The zero-order valence-corrected chi connectivity index (χ0v) is 14.9. The van der Waals surface area contributed by atoms with Gasteiger partial charge in [0.1, 0.15) is 0 Å². The van der Waals surface area contributed by atoms with E-state index in [4.69, 9.17) is 0 Å². The summed E-state index contributed by atoms with van der Waals surface area (Å²) in [5, 5.41) is 4.13. The van der Waals surface area contributed by atoms with E-state index >= 15 is 0 Å². The molecule has 1 aliphatic rings. The molecule has 1 aliphatic heterocycles. The van der Waals surface area contributed by atoms with E-state index in [9.17, 15) is 8.42 Å². The Hall–Kier alpha value is -1.84. The highest BCUT2D eigenvalue weighted by Gasteiger charge is 2.30. The van der Waals surface area contributed by atoms with Gasteiger partial charge >= 0.3 is 0 Å². The summed E-state index contributed by atoms with van der Waals surface area (Å²) in [7, 11) is 1.66. The maximum Gasteiger partial charge on any atom is 0.281 e. The minimum atomic E-state index is -3.32. The molecule has 2 aromatic rings. The van der Waals surface area contributed by atoms with E-state index in [1.54, 1.807) is 37.4 Å². The van der Waals surface area contributed by atoms with E-state index in [0.717, 1.165) is 29.8 Å². The normalized spacial score (nSPS) is 17.5. The summed E-state index contributed by atoms with van der Waals surface area (Å²) in [5.41, 5.74) is 2.65. The fourth-order valence-electron chi connectivity index (χ4n) is 2.86. The van der Waals surface area contributed by atoms with Crippen LogP contribution in [0.25, 0.3) is 11.3 Å². The van der Waals surface area contributed by atoms with Crippen LogP contribution < -0.4 is 0 Å². The zero-order valence-electron chi connectivity index (χ0n) is 14.1. The van der Waals surface area contributed by atoms with Gasteiger partial charge in [0, 0.05) is 58.1 Å². The van der Waals surface area contributed by atoms with E-state index in [2.05, 4.69) is 15.1 Å². The minimum absolute atomic E-state index is 0.245. The zero-order chi connectivity index (χ0) is 17.3. The SMILES string of the molecule is CN(C)S(=O)(=O)N1CCC(c2cnc(-c3cnn(C)c3)cn2)CC1. The molecule has 3 rings (SSSR count). The summed E-state index contributed by atoms with van der Waals surface area (Å²) in [6.45, 7) is 1.02. The van der Waals surface area contributed by atoms with Crippen molar-refractivity contribution in [1.29, 1.82) is 0 Å². The molecule has 0 bridgehead atoms. The summed E-state index contributed by atoms with van der Waals surface area (Å²) in [4.78, 5) is 9.01. The molecule has 9 heteroatoms. The van der Waals surface area contributed by atoms with Crippen LogP contribution in [0.1, 0.15) is 24.5 Å². The van der Waals surface area contributed by atoms with Gasteiger partial charge in [-0.1, -0.05) is 0 Å². The molecule has 1 saturated heterocycles. The van der Waals surface area contributed by atoms with Gasteiger partial charge in [0.15, 0.2) is 0 Å². The average molecular weight is 350 g/mol. The molecule has 3 heterocycles. The van der Waals surface area contributed by atoms with Gasteiger partial charge in [0.2, 0.25) is 0 Å². The lowest BCUT2D eigenvalue weighted by Crippen LogP contribution is -2.44. The van der Waals surface area contributed by atoms with Crippen molar-refractivity contribution in [3.63, 3.8) is 0 Å². The van der Waals surface area contributed by atoms with Gasteiger partial charge in [0.25, 0.3) is 10.2 Å². The van der Waals surface area contributed by atoms with Crippen LogP contribution in [0, 0.1) is 0 Å². The predicted molar refractivity (Wildman–Crippen MR) is 90.4 cm³/mol. The fraction of sp³-hybridized carbons (Fsp3) is 0.533. The lowest BCUT2D eigenvalue weighted by molar-refractivity contribution is 0.300. The quantitative estimate of drug-likeness (QED) is 0.817. The Morgan fingerprint density at radius 3 is 2.33 bits per heavy atom. The van der Waals surface area contributed by atoms with Crippen LogP contribution in [0.4, 0.5) is 0 Å². The first-order valence-electron chi connectivity index (χ1n) is 7.86. The molecule has 0 radical (unpaired) electrons. The number of rotatable bonds is 4. The molecule has 0 aromatic carbocycles. The molecule has 0 atom stereocenters. The smallest absolute Gasteiger partial charge is 0.275 e. The topological polar surface area (TPSA) is 84.2 Å². The van der Waals surface area contributed by atoms with Crippen molar-refractivity contribution in [2.45, 2.75) is 18.8 Å². The molecule has 130 valence electrons. The second-order valence-electron chi connectivity index (χ2n) is 6.19. The summed E-state index contributed by atoms with van der Waals surface area (Å²) in [6, 6.07) is 0. The first-order chi connectivity index (χ1) is 11.4. The number of nitrogens with zero attached hydrogens (tertiary/aromatic N) is 6. The average Bonchev–Trinajstić information content (AvgIpc) is 3.01. The van der Waals surface area contributed by atoms with E-state index in [-0.39, 0.29) is 5.92 Å². The summed E-state index contributed by atoms with van der Waals surface area (Å²) < 4.78 is 28.8. The summed E-state index contributed by atoms with van der Waals surface area (Å²) in [5.74, 6) is 0.245. The van der Waals surface area contributed by atoms with Crippen molar-refractivity contribution in [3.8, 4) is 11.3 Å². The molecule has 0 amide bonds. The highest BCUT2D eigenvalue weighted by atomic mass is 32.2. The van der Waals surface area contributed by atoms with E-state index in [0.29, 0.717) is 13.1 Å². The molecule has 8 nitrogen and oxygen atoms in total. The van der Waals surface area contributed by atoms with E-state index < -0.39 is 10.2 Å². The molecule has 2 aromatic heterocycles. The van der Waals surface area contributed by atoms with Crippen molar-refractivity contribution in [3.05, 3.63) is 30.5 Å². The van der Waals surface area contributed by atoms with Gasteiger partial charge in [-0.05, 0) is 12.8 Å². The van der Waals surface area contributed by atoms with Crippen LogP contribution in [0.3, 0.4) is 0 Å². The Bertz CT molecular complexity index is 792. The maximum absolute atomic E-state index is 12.1. The highest BCUT2D eigenvalue weighted by molar-refractivity contribution is 7.86. The van der Waals surface area contributed by atoms with Crippen molar-refractivity contribution in [1.82, 2.24) is 28.4 Å². The van der Waals surface area contributed by atoms with Gasteiger partial charge in [-0.3, -0.25) is 14.6 Å². The van der Waals surface area contributed by atoms with E-state index in [1.165, 1.54) is 8.61 Å². The second-order valence-corrected chi connectivity index (χ2v) is 8.34. The minimum Gasteiger partial charge on any atom is -0.275 e. The number of hydrogen-bond acceptors (Lipinski definition) is 5. The molecule has 0 N–H and O–H groups in total. The summed E-state index contributed by atoms with van der Waals surface area (Å²) in [6.07, 6.45) is 8.73. The van der Waals surface area contributed by atoms with Crippen molar-refractivity contribution < 1.29 is 8.42 Å². The standard InChI is InChI=1S/C15H22N6O2S/c1-19(2)24(22,23)21-6-4-12(5-7-21)14-9-17-15(10-16-14)13-8-18-20(3)11-13/h8-12H,4-7H2,1-3H3. The Morgan fingerprint density at radius 1 is 1.12 bits per heavy atom. The van der Waals surface area contributed by atoms with Gasteiger partial charge in [-0.25, -0.2) is 0 Å². The van der Waals surface area contributed by atoms with Crippen LogP contribution >= 0.6 is 0 Å². The number of piperidine rings is 1. The molecule has 0 aliphatic carbocycles. The van der Waals surface area contributed by atoms with Crippen molar-refractivity contribution >= 4 is 10.2 Å². The Balaban J connectivity index is 1.67. The van der Waals surface area contributed by atoms with Crippen LogP contribution in [0.2, 0.25) is 0 Å². The first-order valence-corrected chi connectivity index (χ1v) is 9.26. The van der Waals surface area contributed by atoms with Crippen molar-refractivity contribution in [2.75, 3.05) is 27.2 Å². The van der Waals surface area contributed by atoms with Gasteiger partial charge in [0.05, 0.1) is 23.8 Å². The van der Waals surface area contributed by atoms with Crippen LogP contribution in [-0.2, 0) is 17.3 Å². The second kappa shape index (κ2) is 6.58. The largest absolute Gasteiger partial charge is 0.281 e. The molecular formula is C15H22N6O2S. The monoisotopic (exact) mass is 350 g/mol. The van der Waals surface area contributed by atoms with Gasteiger partial charge in [-0.15, -0.1) is 0 Å². The van der Waals surface area contributed by atoms with Crippen molar-refractivity contribution in [2.24, 2.45) is 7.05 Å². The molecule has 1 fully saturated rings. The van der Waals surface area contributed by atoms with Gasteiger partial charge in [-0.2, -0.15) is 22.1 Å². The third-order valence-electron chi connectivity index (χ3n) is 4.33. The summed E-state index contributed by atoms with van der Waals surface area (Å²) >= 11 is 0. The Labute approximate surface area is 142 Å². The Kier molecular flexibility index (Phi) is 4.66. The Morgan fingerprint density at radius 2 is 1.83 bits per heavy atom. The van der Waals surface area contributed by atoms with Crippen LogP contribution in [-0.4, -0.2) is 64.0 Å². The third-order valence-corrected chi connectivity index (χ3v) is 6.27. The number of hydrogen-bond donors (Lipinski definition) is 0. The van der Waals surface area contributed by atoms with Crippen LogP contribution in [0.15, 0.2) is 24.8 Å².